The third-order valence-electron chi connectivity index (χ3n) is 3.18. The van der Waals surface area contributed by atoms with E-state index in [-0.39, 0.29) is 24.5 Å². The molecule has 0 spiro atoms. The van der Waals surface area contributed by atoms with Gasteiger partial charge in [-0.1, -0.05) is 0 Å². The van der Waals surface area contributed by atoms with Crippen LogP contribution in [-0.2, 0) is 18.9 Å². The lowest BCUT2D eigenvalue weighted by Gasteiger charge is -2.20. The fraction of sp³-hybridized carbons (Fsp3) is 0.909. The van der Waals surface area contributed by atoms with E-state index in [1.54, 1.807) is 0 Å². The Balaban J connectivity index is 1.63. The fourth-order valence-corrected chi connectivity index (χ4v) is 2.46. The Bertz CT molecular complexity index is 328. The highest BCUT2D eigenvalue weighted by molar-refractivity contribution is 5.75. The van der Waals surface area contributed by atoms with Crippen molar-refractivity contribution in [3.05, 3.63) is 0 Å². The zero-order valence-corrected chi connectivity index (χ0v) is 9.80. The first kappa shape index (κ1) is 10.5. The average molecular weight is 227 g/mol. The Morgan fingerprint density at radius 1 is 1.31 bits per heavy atom. The van der Waals surface area contributed by atoms with Gasteiger partial charge in [0.1, 0.15) is 12.1 Å². The van der Waals surface area contributed by atoms with Crippen LogP contribution in [0.5, 0.6) is 0 Å². The topological polar surface area (TPSA) is 49.3 Å². The Labute approximate surface area is 94.7 Å². The lowest BCUT2D eigenvalue weighted by atomic mass is 10.1. The lowest BCUT2D eigenvalue weighted by Crippen LogP contribution is -2.31. The van der Waals surface area contributed by atoms with Crippen molar-refractivity contribution >= 4 is 5.90 Å². The van der Waals surface area contributed by atoms with Crippen LogP contribution in [0.25, 0.3) is 0 Å². The van der Waals surface area contributed by atoms with Crippen molar-refractivity contribution in [2.45, 2.75) is 57.5 Å². The normalized spacial score (nSPS) is 45.3. The summed E-state index contributed by atoms with van der Waals surface area (Å²) in [6.45, 7) is 6.28. The van der Waals surface area contributed by atoms with Gasteiger partial charge in [-0.15, -0.1) is 0 Å². The number of hydrogen-bond donors (Lipinski definition) is 0. The van der Waals surface area contributed by atoms with Crippen LogP contribution >= 0.6 is 0 Å². The quantitative estimate of drug-likeness (QED) is 0.672. The predicted octanol–water partition coefficient (Wildman–Crippen LogP) is 1.07. The van der Waals surface area contributed by atoms with E-state index in [9.17, 15) is 0 Å². The first-order chi connectivity index (χ1) is 7.53. The summed E-state index contributed by atoms with van der Waals surface area (Å²) in [4.78, 5) is 4.38. The summed E-state index contributed by atoms with van der Waals surface area (Å²) >= 11 is 0. The van der Waals surface area contributed by atoms with Gasteiger partial charge in [0.05, 0.1) is 12.7 Å². The van der Waals surface area contributed by atoms with Crippen molar-refractivity contribution < 1.29 is 18.9 Å². The van der Waals surface area contributed by atoms with Gasteiger partial charge >= 0.3 is 0 Å². The SMILES string of the molecule is CC1=N[C@@H]2C[C@@H]([C@H]3COC(C)(C)O3)O[C@@H]2O1. The summed E-state index contributed by atoms with van der Waals surface area (Å²) < 4.78 is 22.6. The van der Waals surface area contributed by atoms with Crippen molar-refractivity contribution in [3.63, 3.8) is 0 Å². The van der Waals surface area contributed by atoms with Gasteiger partial charge < -0.3 is 18.9 Å². The molecule has 5 nitrogen and oxygen atoms in total. The molecule has 0 aliphatic carbocycles. The molecule has 0 N–H and O–H groups in total. The van der Waals surface area contributed by atoms with Crippen LogP contribution in [0.4, 0.5) is 0 Å². The van der Waals surface area contributed by atoms with Gasteiger partial charge in [0, 0.05) is 13.3 Å². The van der Waals surface area contributed by atoms with Gasteiger partial charge in [0.2, 0.25) is 6.29 Å². The number of fused-ring (bicyclic) bond motifs is 1. The number of nitrogens with zero attached hydrogens (tertiary/aromatic N) is 1. The Kier molecular flexibility index (Phi) is 2.24. The molecule has 5 heteroatoms. The molecule has 2 saturated heterocycles. The molecule has 3 rings (SSSR count). The maximum absolute atomic E-state index is 5.79. The summed E-state index contributed by atoms with van der Waals surface area (Å²) in [5.74, 6) is 0.226. The summed E-state index contributed by atoms with van der Waals surface area (Å²) in [6.07, 6.45) is 0.678. The molecule has 0 saturated carbocycles. The summed E-state index contributed by atoms with van der Waals surface area (Å²) in [5, 5.41) is 0. The molecule has 3 aliphatic heterocycles. The summed E-state index contributed by atoms with van der Waals surface area (Å²) in [6, 6.07) is 0.136. The maximum atomic E-state index is 5.79. The molecule has 3 heterocycles. The highest BCUT2D eigenvalue weighted by atomic mass is 16.8. The summed E-state index contributed by atoms with van der Waals surface area (Å²) in [7, 11) is 0. The third kappa shape index (κ3) is 1.73. The molecule has 0 aromatic carbocycles. The van der Waals surface area contributed by atoms with Gasteiger partial charge in [-0.25, -0.2) is 4.99 Å². The van der Waals surface area contributed by atoms with Gasteiger partial charge in [-0.05, 0) is 13.8 Å². The second-order valence-corrected chi connectivity index (χ2v) is 4.98. The number of aliphatic imine (C=N–C) groups is 1. The molecule has 0 aromatic heterocycles. The molecule has 16 heavy (non-hydrogen) atoms. The Hall–Kier alpha value is -0.650. The first-order valence-corrected chi connectivity index (χ1v) is 5.72. The smallest absolute Gasteiger partial charge is 0.224 e. The first-order valence-electron chi connectivity index (χ1n) is 5.72. The number of hydrogen-bond acceptors (Lipinski definition) is 5. The van der Waals surface area contributed by atoms with Gasteiger partial charge in [0.25, 0.3) is 0 Å². The van der Waals surface area contributed by atoms with Gasteiger partial charge in [-0.2, -0.15) is 0 Å². The van der Waals surface area contributed by atoms with E-state index in [1.165, 1.54) is 0 Å². The van der Waals surface area contributed by atoms with Crippen molar-refractivity contribution in [1.82, 2.24) is 0 Å². The van der Waals surface area contributed by atoms with E-state index < -0.39 is 5.79 Å². The second kappa shape index (κ2) is 3.42. The third-order valence-corrected chi connectivity index (χ3v) is 3.18. The molecular formula is C11H17NO4. The van der Waals surface area contributed by atoms with E-state index in [1.807, 2.05) is 20.8 Å². The highest BCUT2D eigenvalue weighted by Crippen LogP contribution is 2.35. The molecule has 2 fully saturated rings. The van der Waals surface area contributed by atoms with Crippen molar-refractivity contribution in [2.24, 2.45) is 4.99 Å². The standard InChI is InChI=1S/C11H17NO4/c1-6-12-7-4-8(15-10(7)14-6)9-5-13-11(2,3)16-9/h7-10H,4-5H2,1-3H3/t7-,8+,9-,10+/m1/s1. The van der Waals surface area contributed by atoms with E-state index in [0.717, 1.165) is 12.3 Å². The average Bonchev–Trinajstić information content (AvgIpc) is 2.77. The Morgan fingerprint density at radius 2 is 2.12 bits per heavy atom. The van der Waals surface area contributed by atoms with Crippen LogP contribution in [0.3, 0.4) is 0 Å². The second-order valence-electron chi connectivity index (χ2n) is 4.98. The van der Waals surface area contributed by atoms with Crippen LogP contribution in [0.2, 0.25) is 0 Å². The van der Waals surface area contributed by atoms with Crippen LogP contribution in [0, 0.1) is 0 Å². The number of rotatable bonds is 1. The van der Waals surface area contributed by atoms with Crippen LogP contribution in [-0.4, -0.2) is 42.8 Å². The largest absolute Gasteiger partial charge is 0.450 e. The van der Waals surface area contributed by atoms with E-state index in [4.69, 9.17) is 18.9 Å². The van der Waals surface area contributed by atoms with Crippen molar-refractivity contribution in [1.29, 1.82) is 0 Å². The van der Waals surface area contributed by atoms with Crippen LogP contribution < -0.4 is 0 Å². The zero-order valence-electron chi connectivity index (χ0n) is 9.80. The number of ether oxygens (including phenoxy) is 4. The van der Waals surface area contributed by atoms with E-state index in [0.29, 0.717) is 6.61 Å². The molecule has 3 aliphatic rings. The molecule has 0 aromatic rings. The molecule has 4 atom stereocenters. The molecular weight excluding hydrogens is 210 g/mol. The molecule has 90 valence electrons. The zero-order chi connectivity index (χ0) is 11.3. The van der Waals surface area contributed by atoms with Crippen LogP contribution in [0.1, 0.15) is 27.2 Å². The minimum absolute atomic E-state index is 0.000272. The van der Waals surface area contributed by atoms with Gasteiger partial charge in [-0.3, -0.25) is 0 Å². The minimum atomic E-state index is -0.494. The molecule has 0 radical (unpaired) electrons. The summed E-state index contributed by atoms with van der Waals surface area (Å²) in [5.41, 5.74) is 0. The highest BCUT2D eigenvalue weighted by Gasteiger charge is 2.47. The predicted molar refractivity (Wildman–Crippen MR) is 56.2 cm³/mol. The maximum Gasteiger partial charge on any atom is 0.224 e. The minimum Gasteiger partial charge on any atom is -0.450 e. The van der Waals surface area contributed by atoms with Crippen molar-refractivity contribution in [3.8, 4) is 0 Å². The monoisotopic (exact) mass is 227 g/mol. The van der Waals surface area contributed by atoms with E-state index in [2.05, 4.69) is 4.99 Å². The van der Waals surface area contributed by atoms with Gasteiger partial charge in [0.15, 0.2) is 11.7 Å². The molecule has 0 bridgehead atoms. The van der Waals surface area contributed by atoms with Crippen LogP contribution in [0.15, 0.2) is 4.99 Å². The Morgan fingerprint density at radius 3 is 2.75 bits per heavy atom. The van der Waals surface area contributed by atoms with E-state index >= 15 is 0 Å². The van der Waals surface area contributed by atoms with Crippen molar-refractivity contribution in [2.75, 3.05) is 6.61 Å². The molecule has 0 unspecified atom stereocenters. The lowest BCUT2D eigenvalue weighted by molar-refractivity contribution is -0.166. The fourth-order valence-electron chi connectivity index (χ4n) is 2.46. The molecule has 0 amide bonds.